The minimum absolute atomic E-state index is 0.0988. The van der Waals surface area contributed by atoms with Crippen molar-refractivity contribution in [2.45, 2.75) is 62.8 Å². The highest BCUT2D eigenvalue weighted by atomic mass is 19.4. The SMILES string of the molecule is C[C@H](OC1CCC(N(C)Cc2ncn[nH]2)C1c1ccc(F)cc1)c1cc(C(F)(F)F)cc(C(F)(F)F)c1. The Hall–Kier alpha value is -2.99. The monoisotopic (exact) mass is 530 g/mol. The molecule has 0 spiro atoms. The third kappa shape index (κ3) is 6.30. The fourth-order valence-electron chi connectivity index (χ4n) is 4.93. The van der Waals surface area contributed by atoms with Crippen molar-refractivity contribution in [3.05, 3.63) is 82.7 Å². The van der Waals surface area contributed by atoms with E-state index in [1.165, 1.54) is 25.4 Å². The lowest BCUT2D eigenvalue weighted by Gasteiger charge is -2.33. The van der Waals surface area contributed by atoms with Gasteiger partial charge in [0.1, 0.15) is 18.0 Å². The summed E-state index contributed by atoms with van der Waals surface area (Å²) in [5, 5.41) is 6.62. The highest BCUT2D eigenvalue weighted by Gasteiger charge is 2.42. The van der Waals surface area contributed by atoms with Gasteiger partial charge in [-0.15, -0.1) is 0 Å². The van der Waals surface area contributed by atoms with Gasteiger partial charge in [0, 0.05) is 12.0 Å². The number of alkyl halides is 6. The van der Waals surface area contributed by atoms with Crippen LogP contribution in [-0.4, -0.2) is 39.3 Å². The molecular formula is C25H25F7N4O. The Balaban J connectivity index is 1.63. The number of nitrogens with one attached hydrogen (secondary N) is 1. The molecule has 4 rings (SSSR count). The normalized spacial score (nSPS) is 21.5. The van der Waals surface area contributed by atoms with Gasteiger partial charge >= 0.3 is 12.4 Å². The summed E-state index contributed by atoms with van der Waals surface area (Å²) in [5.74, 6) is -0.117. The summed E-state index contributed by atoms with van der Waals surface area (Å²) in [6.45, 7) is 1.86. The molecule has 0 aliphatic heterocycles. The van der Waals surface area contributed by atoms with Crippen molar-refractivity contribution in [3.8, 4) is 0 Å². The molecule has 0 radical (unpaired) electrons. The number of halogens is 7. The molecule has 1 saturated carbocycles. The van der Waals surface area contributed by atoms with Crippen LogP contribution in [-0.2, 0) is 23.6 Å². The number of aromatic amines is 1. The van der Waals surface area contributed by atoms with Crippen molar-refractivity contribution in [2.24, 2.45) is 0 Å². The molecule has 1 aliphatic rings. The Labute approximate surface area is 208 Å². The van der Waals surface area contributed by atoms with Gasteiger partial charge in [0.25, 0.3) is 0 Å². The van der Waals surface area contributed by atoms with Crippen LogP contribution in [0.4, 0.5) is 30.7 Å². The molecule has 1 aromatic heterocycles. The number of aromatic nitrogens is 3. The van der Waals surface area contributed by atoms with Gasteiger partial charge in [-0.1, -0.05) is 12.1 Å². The van der Waals surface area contributed by atoms with Crippen molar-refractivity contribution in [1.29, 1.82) is 0 Å². The first-order valence-electron chi connectivity index (χ1n) is 11.6. The zero-order valence-electron chi connectivity index (χ0n) is 19.9. The second-order valence-corrected chi connectivity index (χ2v) is 9.23. The van der Waals surface area contributed by atoms with Crippen molar-refractivity contribution in [1.82, 2.24) is 20.1 Å². The van der Waals surface area contributed by atoms with Gasteiger partial charge in [-0.3, -0.25) is 10.00 Å². The number of likely N-dealkylation sites (N-methyl/N-ethyl adjacent to an activating group) is 1. The smallest absolute Gasteiger partial charge is 0.370 e. The Kier molecular flexibility index (Phi) is 7.61. The molecule has 4 atom stereocenters. The maximum Gasteiger partial charge on any atom is 0.416 e. The second-order valence-electron chi connectivity index (χ2n) is 9.23. The van der Waals surface area contributed by atoms with E-state index in [4.69, 9.17) is 4.74 Å². The van der Waals surface area contributed by atoms with Crippen molar-refractivity contribution >= 4 is 0 Å². The summed E-state index contributed by atoms with van der Waals surface area (Å²) in [6, 6.07) is 7.22. The van der Waals surface area contributed by atoms with Crippen molar-refractivity contribution < 1.29 is 35.5 Å². The van der Waals surface area contributed by atoms with Gasteiger partial charge in [0.2, 0.25) is 0 Å². The van der Waals surface area contributed by atoms with Crippen LogP contribution in [0.1, 0.15) is 59.9 Å². The number of benzene rings is 2. The minimum Gasteiger partial charge on any atom is -0.370 e. The maximum atomic E-state index is 13.6. The minimum atomic E-state index is -4.95. The molecule has 200 valence electrons. The van der Waals surface area contributed by atoms with E-state index < -0.39 is 41.5 Å². The maximum absolute atomic E-state index is 13.6. The molecular weight excluding hydrogens is 505 g/mol. The van der Waals surface area contributed by atoms with Gasteiger partial charge in [0.15, 0.2) is 0 Å². The summed E-state index contributed by atoms with van der Waals surface area (Å²) in [6.07, 6.45) is -8.97. The molecule has 1 N–H and O–H groups in total. The average molecular weight is 530 g/mol. The molecule has 1 fully saturated rings. The van der Waals surface area contributed by atoms with Gasteiger partial charge < -0.3 is 4.74 Å². The van der Waals surface area contributed by atoms with Crippen LogP contribution in [0.15, 0.2) is 48.8 Å². The van der Waals surface area contributed by atoms with Crippen LogP contribution in [0.5, 0.6) is 0 Å². The Morgan fingerprint density at radius 2 is 1.62 bits per heavy atom. The lowest BCUT2D eigenvalue weighted by atomic mass is 9.91. The molecule has 2 aromatic carbocycles. The van der Waals surface area contributed by atoms with Crippen LogP contribution >= 0.6 is 0 Å². The number of H-pyrrole nitrogens is 1. The summed E-state index contributed by atoms with van der Waals surface area (Å²) in [5.41, 5.74) is -2.25. The number of hydrogen-bond acceptors (Lipinski definition) is 4. The lowest BCUT2D eigenvalue weighted by Crippen LogP contribution is -2.36. The topological polar surface area (TPSA) is 54.0 Å². The fraction of sp³-hybridized carbons (Fsp3) is 0.440. The van der Waals surface area contributed by atoms with Gasteiger partial charge in [-0.2, -0.15) is 31.4 Å². The molecule has 0 amide bonds. The van der Waals surface area contributed by atoms with Crippen molar-refractivity contribution in [2.75, 3.05) is 7.05 Å². The van der Waals surface area contributed by atoms with Crippen molar-refractivity contribution in [3.63, 3.8) is 0 Å². The van der Waals surface area contributed by atoms with Gasteiger partial charge in [-0.25, -0.2) is 9.37 Å². The van der Waals surface area contributed by atoms with E-state index in [0.29, 0.717) is 37.3 Å². The second kappa shape index (κ2) is 10.4. The van der Waals surface area contributed by atoms with E-state index in [1.54, 1.807) is 12.1 Å². The Bertz CT molecular complexity index is 1150. The van der Waals surface area contributed by atoms with Crippen LogP contribution in [0, 0.1) is 5.82 Å². The number of rotatable bonds is 7. The summed E-state index contributed by atoms with van der Waals surface area (Å²) >= 11 is 0. The fourth-order valence-corrected chi connectivity index (χ4v) is 4.93. The van der Waals surface area contributed by atoms with Gasteiger partial charge in [-0.05, 0) is 68.3 Å². The predicted octanol–water partition coefficient (Wildman–Crippen LogP) is 6.51. The number of hydrogen-bond donors (Lipinski definition) is 1. The zero-order chi connectivity index (χ0) is 27.0. The number of nitrogens with zero attached hydrogens (tertiary/aromatic N) is 3. The average Bonchev–Trinajstić information content (AvgIpc) is 3.48. The quantitative estimate of drug-likeness (QED) is 0.354. The molecule has 0 saturated heterocycles. The molecule has 12 heteroatoms. The van der Waals surface area contributed by atoms with Crippen LogP contribution < -0.4 is 0 Å². The first-order chi connectivity index (χ1) is 17.3. The first kappa shape index (κ1) is 27.1. The highest BCUT2D eigenvalue weighted by Crippen LogP contribution is 2.43. The zero-order valence-corrected chi connectivity index (χ0v) is 19.9. The highest BCUT2D eigenvalue weighted by molar-refractivity contribution is 5.35. The van der Waals surface area contributed by atoms with E-state index >= 15 is 0 Å². The lowest BCUT2D eigenvalue weighted by molar-refractivity contribution is -0.143. The van der Waals surface area contributed by atoms with Crippen LogP contribution in [0.25, 0.3) is 0 Å². The van der Waals surface area contributed by atoms with E-state index in [1.807, 2.05) is 11.9 Å². The molecule has 37 heavy (non-hydrogen) atoms. The van der Waals surface area contributed by atoms with E-state index in [9.17, 15) is 30.7 Å². The Morgan fingerprint density at radius 1 is 1.00 bits per heavy atom. The molecule has 3 aromatic rings. The van der Waals surface area contributed by atoms with E-state index in [-0.39, 0.29) is 23.6 Å². The van der Waals surface area contributed by atoms with E-state index in [2.05, 4.69) is 15.2 Å². The third-order valence-electron chi connectivity index (χ3n) is 6.71. The first-order valence-corrected chi connectivity index (χ1v) is 11.6. The Morgan fingerprint density at radius 3 is 2.16 bits per heavy atom. The third-order valence-corrected chi connectivity index (χ3v) is 6.71. The molecule has 3 unspecified atom stereocenters. The standard InChI is InChI=1S/C25H25F7N4O/c1-14(16-9-17(24(27,28)29)11-18(10-16)25(30,31)32)37-21-8-7-20(36(2)12-22-33-13-34-35-22)23(21)15-3-5-19(26)6-4-15/h3-6,9-11,13-14,20-21,23H,7-8,12H2,1-2H3,(H,33,34,35)/t14-,20?,21?,23?/m0/s1. The molecule has 5 nitrogen and oxygen atoms in total. The van der Waals surface area contributed by atoms with E-state index in [0.717, 1.165) is 5.56 Å². The summed E-state index contributed by atoms with van der Waals surface area (Å²) in [7, 11) is 1.87. The van der Waals surface area contributed by atoms with Crippen LogP contribution in [0.2, 0.25) is 0 Å². The molecule has 0 bridgehead atoms. The summed E-state index contributed by atoms with van der Waals surface area (Å²) in [4.78, 5) is 6.15. The van der Waals surface area contributed by atoms with Crippen LogP contribution in [0.3, 0.4) is 0 Å². The predicted molar refractivity (Wildman–Crippen MR) is 120 cm³/mol. The molecule has 1 aliphatic carbocycles. The number of ether oxygens (including phenoxy) is 1. The summed E-state index contributed by atoms with van der Waals surface area (Å²) < 4.78 is 99.9. The van der Waals surface area contributed by atoms with Gasteiger partial charge in [0.05, 0.1) is 29.9 Å². The molecule has 1 heterocycles. The largest absolute Gasteiger partial charge is 0.416 e.